The van der Waals surface area contributed by atoms with E-state index in [0.717, 1.165) is 5.92 Å². The highest BCUT2D eigenvalue weighted by atomic mass is 14.9. The van der Waals surface area contributed by atoms with Gasteiger partial charge in [-0.15, -0.1) is 0 Å². The number of hydrogen-bond donors (Lipinski definition) is 1. The maximum atomic E-state index is 3.68. The van der Waals surface area contributed by atoms with Crippen molar-refractivity contribution in [3.8, 4) is 0 Å². The summed E-state index contributed by atoms with van der Waals surface area (Å²) < 4.78 is 0. The summed E-state index contributed by atoms with van der Waals surface area (Å²) in [6, 6.07) is 5.40. The summed E-state index contributed by atoms with van der Waals surface area (Å²) >= 11 is 0. The predicted molar refractivity (Wildman–Crippen MR) is 74.5 cm³/mol. The zero-order valence-corrected chi connectivity index (χ0v) is 11.6. The molecule has 1 heterocycles. The fraction of sp³-hybridized carbons (Fsp3) is 0.625. The van der Waals surface area contributed by atoms with Crippen LogP contribution in [0.1, 0.15) is 42.0 Å². The highest BCUT2D eigenvalue weighted by Gasteiger charge is 2.18. The van der Waals surface area contributed by atoms with Gasteiger partial charge in [-0.2, -0.15) is 0 Å². The molecule has 0 spiro atoms. The fourth-order valence-corrected chi connectivity index (χ4v) is 2.74. The molecule has 1 aliphatic rings. The highest BCUT2D eigenvalue weighted by molar-refractivity contribution is 5.36. The Balaban J connectivity index is 2.06. The second kappa shape index (κ2) is 5.22. The third kappa shape index (κ3) is 3.10. The van der Waals surface area contributed by atoms with E-state index in [1.165, 1.54) is 48.1 Å². The van der Waals surface area contributed by atoms with Crippen molar-refractivity contribution in [2.24, 2.45) is 5.92 Å². The second-order valence-electron chi connectivity index (χ2n) is 5.85. The lowest BCUT2D eigenvalue weighted by molar-refractivity contribution is 0.326. The Kier molecular flexibility index (Phi) is 3.88. The molecule has 17 heavy (non-hydrogen) atoms. The molecule has 1 N–H and O–H groups in total. The molecule has 0 amide bonds. The summed E-state index contributed by atoms with van der Waals surface area (Å²) in [5, 5.41) is 3.68. The van der Waals surface area contributed by atoms with Crippen LogP contribution in [0.25, 0.3) is 0 Å². The van der Waals surface area contributed by atoms with E-state index in [2.05, 4.69) is 45.1 Å². The van der Waals surface area contributed by atoms with E-state index in [-0.39, 0.29) is 0 Å². The predicted octanol–water partition coefficient (Wildman–Crippen LogP) is 3.54. The van der Waals surface area contributed by atoms with E-state index in [9.17, 15) is 0 Å². The molecule has 1 fully saturated rings. The molecule has 2 unspecified atom stereocenters. The first-order valence-corrected chi connectivity index (χ1v) is 6.86. The largest absolute Gasteiger partial charge is 0.313 e. The molecule has 94 valence electrons. The lowest BCUT2D eigenvalue weighted by Crippen LogP contribution is -2.39. The van der Waals surface area contributed by atoms with Crippen molar-refractivity contribution in [2.45, 2.75) is 53.0 Å². The van der Waals surface area contributed by atoms with Crippen molar-refractivity contribution in [3.63, 3.8) is 0 Å². The van der Waals surface area contributed by atoms with Gasteiger partial charge < -0.3 is 5.32 Å². The average molecular weight is 231 g/mol. The number of nitrogens with one attached hydrogen (secondary N) is 1. The smallest absolute Gasteiger partial charge is 0.0108 e. The molecule has 1 aromatic carbocycles. The van der Waals surface area contributed by atoms with Gasteiger partial charge in [0.1, 0.15) is 0 Å². The Morgan fingerprint density at radius 1 is 1.06 bits per heavy atom. The van der Waals surface area contributed by atoms with Gasteiger partial charge in [-0.3, -0.25) is 0 Å². The first-order valence-electron chi connectivity index (χ1n) is 6.86. The molecule has 0 radical (unpaired) electrons. The van der Waals surface area contributed by atoms with Gasteiger partial charge in [0.25, 0.3) is 0 Å². The van der Waals surface area contributed by atoms with E-state index >= 15 is 0 Å². The fourth-order valence-electron chi connectivity index (χ4n) is 2.74. The van der Waals surface area contributed by atoms with Gasteiger partial charge in [0, 0.05) is 6.04 Å². The zero-order chi connectivity index (χ0) is 12.4. The molecule has 1 heteroatoms. The van der Waals surface area contributed by atoms with Crippen molar-refractivity contribution in [2.75, 3.05) is 6.54 Å². The first kappa shape index (κ1) is 12.6. The maximum absolute atomic E-state index is 3.68. The van der Waals surface area contributed by atoms with Crippen LogP contribution in [-0.4, -0.2) is 12.6 Å². The van der Waals surface area contributed by atoms with Crippen molar-refractivity contribution in [3.05, 3.63) is 34.4 Å². The minimum Gasteiger partial charge on any atom is -0.313 e. The normalized spacial score (nSPS) is 24.9. The molecule has 0 saturated carbocycles. The molecular formula is C16H25N. The van der Waals surface area contributed by atoms with Crippen LogP contribution in [0.15, 0.2) is 12.1 Å². The van der Waals surface area contributed by atoms with Crippen molar-refractivity contribution in [1.82, 2.24) is 5.32 Å². The Labute approximate surface area is 106 Å². The number of rotatable bonds is 2. The van der Waals surface area contributed by atoms with Crippen LogP contribution in [0.4, 0.5) is 0 Å². The van der Waals surface area contributed by atoms with Crippen molar-refractivity contribution in [1.29, 1.82) is 0 Å². The van der Waals surface area contributed by atoms with Crippen LogP contribution in [0.5, 0.6) is 0 Å². The lowest BCUT2D eigenvalue weighted by Gasteiger charge is -2.28. The topological polar surface area (TPSA) is 12.0 Å². The number of hydrogen-bond acceptors (Lipinski definition) is 1. The van der Waals surface area contributed by atoms with Crippen molar-refractivity contribution < 1.29 is 0 Å². The van der Waals surface area contributed by atoms with Crippen LogP contribution in [0, 0.1) is 26.7 Å². The molecule has 2 atom stereocenters. The van der Waals surface area contributed by atoms with Gasteiger partial charge in [-0.1, -0.05) is 19.1 Å². The minimum absolute atomic E-state index is 0.687. The molecule has 0 bridgehead atoms. The molecule has 1 saturated heterocycles. The standard InChI is InChI=1S/C16H25N/c1-11-5-6-16(17-10-11)9-15-8-13(3)12(2)7-14(15)4/h7-8,11,16-17H,5-6,9-10H2,1-4H3. The van der Waals surface area contributed by atoms with E-state index in [0.29, 0.717) is 6.04 Å². The molecule has 0 aromatic heterocycles. The van der Waals surface area contributed by atoms with E-state index < -0.39 is 0 Å². The molecular weight excluding hydrogens is 206 g/mol. The van der Waals surface area contributed by atoms with Crippen molar-refractivity contribution >= 4 is 0 Å². The van der Waals surface area contributed by atoms with Gasteiger partial charge in [0.15, 0.2) is 0 Å². The van der Waals surface area contributed by atoms with Gasteiger partial charge in [0.2, 0.25) is 0 Å². The van der Waals surface area contributed by atoms with Crippen LogP contribution in [0.2, 0.25) is 0 Å². The molecule has 0 aliphatic carbocycles. The first-order chi connectivity index (χ1) is 8.06. The third-order valence-corrected chi connectivity index (χ3v) is 4.18. The second-order valence-corrected chi connectivity index (χ2v) is 5.85. The molecule has 2 rings (SSSR count). The van der Waals surface area contributed by atoms with E-state index in [1.54, 1.807) is 0 Å². The summed E-state index contributed by atoms with van der Waals surface area (Å²) in [5.74, 6) is 0.854. The van der Waals surface area contributed by atoms with E-state index in [4.69, 9.17) is 0 Å². The third-order valence-electron chi connectivity index (χ3n) is 4.18. The highest BCUT2D eigenvalue weighted by Crippen LogP contribution is 2.21. The van der Waals surface area contributed by atoms with Crippen LogP contribution < -0.4 is 5.32 Å². The summed E-state index contributed by atoms with van der Waals surface area (Å²) in [7, 11) is 0. The summed E-state index contributed by atoms with van der Waals surface area (Å²) in [5.41, 5.74) is 5.82. The lowest BCUT2D eigenvalue weighted by atomic mass is 9.90. The number of aryl methyl sites for hydroxylation is 3. The van der Waals surface area contributed by atoms with Gasteiger partial charge in [0.05, 0.1) is 0 Å². The molecule has 1 aliphatic heterocycles. The van der Waals surface area contributed by atoms with Gasteiger partial charge >= 0.3 is 0 Å². The van der Waals surface area contributed by atoms with Crippen LogP contribution in [0.3, 0.4) is 0 Å². The van der Waals surface area contributed by atoms with Crippen LogP contribution in [-0.2, 0) is 6.42 Å². The number of benzene rings is 1. The minimum atomic E-state index is 0.687. The summed E-state index contributed by atoms with van der Waals surface area (Å²) in [6.07, 6.45) is 3.90. The Morgan fingerprint density at radius 2 is 1.76 bits per heavy atom. The average Bonchev–Trinajstić information content (AvgIpc) is 2.29. The van der Waals surface area contributed by atoms with E-state index in [1.807, 2.05) is 0 Å². The summed E-state index contributed by atoms with van der Waals surface area (Å²) in [6.45, 7) is 10.2. The summed E-state index contributed by atoms with van der Waals surface area (Å²) in [4.78, 5) is 0. The SMILES string of the molecule is Cc1cc(C)c(CC2CCC(C)CN2)cc1C. The Hall–Kier alpha value is -0.820. The van der Waals surface area contributed by atoms with Crippen LogP contribution >= 0.6 is 0 Å². The maximum Gasteiger partial charge on any atom is 0.0108 e. The Bertz CT molecular complexity index is 387. The monoisotopic (exact) mass is 231 g/mol. The molecule has 1 nitrogen and oxygen atoms in total. The quantitative estimate of drug-likeness (QED) is 0.821. The zero-order valence-electron chi connectivity index (χ0n) is 11.6. The molecule has 1 aromatic rings. The van der Waals surface area contributed by atoms with Gasteiger partial charge in [-0.05, 0) is 74.8 Å². The Morgan fingerprint density at radius 3 is 2.41 bits per heavy atom. The van der Waals surface area contributed by atoms with Gasteiger partial charge in [-0.25, -0.2) is 0 Å². The number of piperidine rings is 1.